The summed E-state index contributed by atoms with van der Waals surface area (Å²) in [6.45, 7) is 4.02. The zero-order valence-electron chi connectivity index (χ0n) is 18.5. The monoisotopic (exact) mass is 561 g/mol. The van der Waals surface area contributed by atoms with Crippen LogP contribution < -0.4 is 10.0 Å². The number of benzene rings is 2. The minimum atomic E-state index is -4.86. The van der Waals surface area contributed by atoms with Crippen LogP contribution in [0.4, 0.5) is 18.9 Å². The lowest BCUT2D eigenvalue weighted by molar-refractivity contribution is -0.137. The van der Waals surface area contributed by atoms with E-state index in [0.29, 0.717) is 18.9 Å². The second kappa shape index (κ2) is 12.1. The molecule has 1 N–H and O–H groups in total. The molecule has 0 saturated carbocycles. The highest BCUT2D eigenvalue weighted by atomic mass is 35.5. The van der Waals surface area contributed by atoms with Gasteiger partial charge in [-0.1, -0.05) is 49.9 Å². The van der Waals surface area contributed by atoms with Gasteiger partial charge < -0.3 is 9.05 Å². The highest BCUT2D eigenvalue weighted by Crippen LogP contribution is 2.50. The van der Waals surface area contributed by atoms with Crippen molar-refractivity contribution in [3.8, 4) is 0 Å². The lowest BCUT2D eigenvalue weighted by Gasteiger charge is -2.22. The van der Waals surface area contributed by atoms with Gasteiger partial charge in [-0.2, -0.15) is 13.2 Å². The first-order chi connectivity index (χ1) is 15.8. The Morgan fingerprint density at radius 3 is 2.09 bits per heavy atom. The molecule has 0 aliphatic rings. The Morgan fingerprint density at radius 1 is 0.971 bits per heavy atom. The molecule has 0 amide bonds. The topological polar surface area (TPSA) is 81.7 Å². The first-order valence-corrected chi connectivity index (χ1v) is 14.2. The van der Waals surface area contributed by atoms with Crippen LogP contribution in [0.5, 0.6) is 0 Å². The van der Waals surface area contributed by atoms with E-state index in [4.69, 9.17) is 32.2 Å². The van der Waals surface area contributed by atoms with Crippen molar-refractivity contribution in [1.29, 1.82) is 0 Å². The average Bonchev–Trinajstić information content (AvgIpc) is 2.73. The number of anilines is 1. The van der Waals surface area contributed by atoms with Crippen LogP contribution in [0.1, 0.15) is 45.1 Å². The van der Waals surface area contributed by atoms with E-state index < -0.39 is 39.3 Å². The van der Waals surface area contributed by atoms with Gasteiger partial charge in [0, 0.05) is 5.02 Å². The number of nitrogens with one attached hydrogen (secondary N) is 1. The molecule has 0 unspecified atom stereocenters. The van der Waals surface area contributed by atoms with Crippen molar-refractivity contribution in [2.45, 2.75) is 50.6 Å². The van der Waals surface area contributed by atoms with E-state index in [-0.39, 0.29) is 29.2 Å². The SMILES string of the molecule is CCCCOP(=O)(OCCCC)c1ccc(Cl)cc1NS(=O)(=O)c1ccc(Cl)c(C(F)(F)F)c1. The van der Waals surface area contributed by atoms with E-state index in [0.717, 1.165) is 25.0 Å². The van der Waals surface area contributed by atoms with Crippen molar-refractivity contribution in [2.75, 3.05) is 17.9 Å². The Bertz CT molecular complexity index is 1130. The maximum atomic E-state index is 13.7. The number of alkyl halides is 3. The van der Waals surface area contributed by atoms with Crippen molar-refractivity contribution in [3.63, 3.8) is 0 Å². The van der Waals surface area contributed by atoms with Crippen molar-refractivity contribution in [1.82, 2.24) is 0 Å². The fraction of sp³-hybridized carbons (Fsp3) is 0.429. The number of unbranched alkanes of at least 4 members (excludes halogenated alkanes) is 2. The number of hydrogen-bond acceptors (Lipinski definition) is 5. The van der Waals surface area contributed by atoms with Crippen LogP contribution in [0.15, 0.2) is 41.3 Å². The summed E-state index contributed by atoms with van der Waals surface area (Å²) in [6, 6.07) is 6.07. The molecule has 6 nitrogen and oxygen atoms in total. The molecule has 190 valence electrons. The lowest BCUT2D eigenvalue weighted by Crippen LogP contribution is -2.22. The van der Waals surface area contributed by atoms with Gasteiger partial charge in [0.25, 0.3) is 10.0 Å². The number of halogens is 5. The van der Waals surface area contributed by atoms with E-state index >= 15 is 0 Å². The van der Waals surface area contributed by atoms with Gasteiger partial charge in [0.15, 0.2) is 0 Å². The predicted octanol–water partition coefficient (Wildman–Crippen LogP) is 7.26. The first kappa shape index (κ1) is 28.9. The molecule has 0 heterocycles. The van der Waals surface area contributed by atoms with E-state index in [2.05, 4.69) is 4.72 Å². The van der Waals surface area contributed by atoms with Crippen molar-refractivity contribution in [3.05, 3.63) is 52.0 Å². The fourth-order valence-corrected chi connectivity index (χ4v) is 6.09. The fourth-order valence-electron chi connectivity index (χ4n) is 2.76. The summed E-state index contributed by atoms with van der Waals surface area (Å²) >= 11 is 11.6. The van der Waals surface area contributed by atoms with E-state index in [9.17, 15) is 26.2 Å². The first-order valence-electron chi connectivity index (χ1n) is 10.4. The van der Waals surface area contributed by atoms with Crippen LogP contribution in [-0.4, -0.2) is 21.6 Å². The second-order valence-corrected chi connectivity index (χ2v) is 11.8. The van der Waals surface area contributed by atoms with E-state index in [1.54, 1.807) is 0 Å². The predicted molar refractivity (Wildman–Crippen MR) is 128 cm³/mol. The molecule has 0 aliphatic heterocycles. The van der Waals surface area contributed by atoms with Crippen LogP contribution in [0.3, 0.4) is 0 Å². The Hall–Kier alpha value is -1.29. The molecule has 34 heavy (non-hydrogen) atoms. The van der Waals surface area contributed by atoms with Gasteiger partial charge in [-0.15, -0.1) is 0 Å². The van der Waals surface area contributed by atoms with Crippen molar-refractivity contribution >= 4 is 51.8 Å². The van der Waals surface area contributed by atoms with Crippen LogP contribution in [0.25, 0.3) is 0 Å². The highest BCUT2D eigenvalue weighted by molar-refractivity contribution is 7.92. The van der Waals surface area contributed by atoms with Crippen LogP contribution in [0.2, 0.25) is 10.0 Å². The molecule has 2 rings (SSSR count). The molecule has 0 aliphatic carbocycles. The standard InChI is InChI=1S/C21H25Cl2F3NO5PS/c1-3-5-11-31-33(28,32-12-6-4-2)20-10-7-15(22)13-19(20)27-34(29,30)16-8-9-18(23)17(14-16)21(24,25)26/h7-10,13-14,27H,3-6,11-12H2,1-2H3. The minimum absolute atomic E-state index is 0.0981. The van der Waals surface area contributed by atoms with Gasteiger partial charge in [-0.3, -0.25) is 9.29 Å². The lowest BCUT2D eigenvalue weighted by atomic mass is 10.2. The summed E-state index contributed by atoms with van der Waals surface area (Å²) in [4.78, 5) is -0.691. The largest absolute Gasteiger partial charge is 0.417 e. The number of rotatable bonds is 12. The number of hydrogen-bond donors (Lipinski definition) is 1. The zero-order chi connectivity index (χ0) is 25.6. The molecule has 0 fully saturated rings. The molecule has 0 bridgehead atoms. The third-order valence-electron chi connectivity index (χ3n) is 4.57. The number of sulfonamides is 1. The van der Waals surface area contributed by atoms with E-state index in [1.165, 1.54) is 18.2 Å². The molecular weight excluding hydrogens is 537 g/mol. The Kier molecular flexibility index (Phi) is 10.3. The van der Waals surface area contributed by atoms with Crippen molar-refractivity contribution in [2.24, 2.45) is 0 Å². The van der Waals surface area contributed by atoms with Crippen molar-refractivity contribution < 1.29 is 35.2 Å². The van der Waals surface area contributed by atoms with Gasteiger partial charge in [-0.25, -0.2) is 8.42 Å². The molecule has 13 heteroatoms. The summed E-state index contributed by atoms with van der Waals surface area (Å²) < 4.78 is 92.6. The third kappa shape index (κ3) is 7.60. The normalized spacial score (nSPS) is 12.7. The maximum absolute atomic E-state index is 13.7. The Balaban J connectivity index is 2.52. The Labute approximate surface area is 207 Å². The Morgan fingerprint density at radius 2 is 1.56 bits per heavy atom. The maximum Gasteiger partial charge on any atom is 0.417 e. The summed E-state index contributed by atoms with van der Waals surface area (Å²) in [5.74, 6) is 0. The molecule has 2 aromatic carbocycles. The molecule has 0 aromatic heterocycles. The summed E-state index contributed by atoms with van der Waals surface area (Å²) in [5, 5.41) is -0.645. The summed E-state index contributed by atoms with van der Waals surface area (Å²) in [7, 11) is -8.56. The summed E-state index contributed by atoms with van der Waals surface area (Å²) in [6.07, 6.45) is -2.18. The third-order valence-corrected chi connectivity index (χ3v) is 8.52. The van der Waals surface area contributed by atoms with Gasteiger partial charge in [0.1, 0.15) is 0 Å². The van der Waals surface area contributed by atoms with Crippen LogP contribution in [-0.2, 0) is 29.8 Å². The molecular formula is C21H25Cl2F3NO5PS. The zero-order valence-corrected chi connectivity index (χ0v) is 21.7. The molecule has 0 saturated heterocycles. The second-order valence-electron chi connectivity index (χ2n) is 7.28. The van der Waals surface area contributed by atoms with Crippen LogP contribution in [0, 0.1) is 0 Å². The quantitative estimate of drug-likeness (QED) is 0.218. The van der Waals surface area contributed by atoms with Gasteiger partial charge in [0.2, 0.25) is 0 Å². The molecule has 0 radical (unpaired) electrons. The van der Waals surface area contributed by atoms with Crippen LogP contribution >= 0.6 is 30.8 Å². The molecule has 0 spiro atoms. The highest BCUT2D eigenvalue weighted by Gasteiger charge is 2.36. The average molecular weight is 562 g/mol. The molecule has 2 aromatic rings. The van der Waals surface area contributed by atoms with Gasteiger partial charge in [-0.05, 0) is 49.2 Å². The smallest absolute Gasteiger partial charge is 0.305 e. The van der Waals surface area contributed by atoms with Gasteiger partial charge in [0.05, 0.1) is 39.7 Å². The molecule has 0 atom stereocenters. The van der Waals surface area contributed by atoms with Gasteiger partial charge >= 0.3 is 13.8 Å². The minimum Gasteiger partial charge on any atom is -0.305 e. The summed E-state index contributed by atoms with van der Waals surface area (Å²) in [5.41, 5.74) is -1.54. The van der Waals surface area contributed by atoms with E-state index in [1.807, 2.05) is 13.8 Å².